The molecule has 0 unspecified atom stereocenters. The Morgan fingerprint density at radius 3 is 2.43 bits per heavy atom. The lowest BCUT2D eigenvalue weighted by molar-refractivity contribution is -0.134. The fraction of sp³-hybridized carbons (Fsp3) is 0.333. The second-order valence-electron chi connectivity index (χ2n) is 6.61. The molecule has 0 N–H and O–H groups in total. The Kier molecular flexibility index (Phi) is 6.67. The van der Waals surface area contributed by atoms with Crippen LogP contribution in [0.25, 0.3) is 0 Å². The average Bonchev–Trinajstić information content (AvgIpc) is 2.72. The fourth-order valence-corrected chi connectivity index (χ4v) is 3.54. The van der Waals surface area contributed by atoms with Crippen LogP contribution in [0.5, 0.6) is 11.5 Å². The van der Waals surface area contributed by atoms with Gasteiger partial charge >= 0.3 is 0 Å². The van der Waals surface area contributed by atoms with Crippen LogP contribution in [0.15, 0.2) is 46.9 Å². The summed E-state index contributed by atoms with van der Waals surface area (Å²) in [5, 5.41) is 0. The SMILES string of the molecule is COc1ccc(C(=O)C2CCN(C(=O)COc3ccc(Br)cc3F)CC2)cc1. The predicted octanol–water partition coefficient (Wildman–Crippen LogP) is 4.10. The molecule has 148 valence electrons. The van der Waals surface area contributed by atoms with Crippen LogP contribution < -0.4 is 9.47 Å². The van der Waals surface area contributed by atoms with Crippen molar-refractivity contribution in [1.29, 1.82) is 0 Å². The molecule has 1 aliphatic rings. The highest BCUT2D eigenvalue weighted by atomic mass is 79.9. The van der Waals surface area contributed by atoms with E-state index in [1.165, 1.54) is 12.1 Å². The van der Waals surface area contributed by atoms with E-state index >= 15 is 0 Å². The summed E-state index contributed by atoms with van der Waals surface area (Å²) in [4.78, 5) is 26.6. The number of methoxy groups -OCH3 is 1. The van der Waals surface area contributed by atoms with Crippen molar-refractivity contribution in [3.63, 3.8) is 0 Å². The summed E-state index contributed by atoms with van der Waals surface area (Å²) in [6.07, 6.45) is 1.20. The third kappa shape index (κ3) is 4.90. The van der Waals surface area contributed by atoms with E-state index in [0.717, 1.165) is 0 Å². The van der Waals surface area contributed by atoms with Gasteiger partial charge in [0, 0.05) is 29.0 Å². The minimum atomic E-state index is -0.522. The predicted molar refractivity (Wildman–Crippen MR) is 106 cm³/mol. The Labute approximate surface area is 171 Å². The minimum absolute atomic E-state index is 0.0427. The van der Waals surface area contributed by atoms with Gasteiger partial charge in [0.15, 0.2) is 24.0 Å². The smallest absolute Gasteiger partial charge is 0.260 e. The summed E-state index contributed by atoms with van der Waals surface area (Å²) < 4.78 is 24.8. The van der Waals surface area contributed by atoms with Gasteiger partial charge in [-0.25, -0.2) is 4.39 Å². The van der Waals surface area contributed by atoms with Crippen molar-refractivity contribution in [1.82, 2.24) is 4.90 Å². The number of nitrogens with zero attached hydrogens (tertiary/aromatic N) is 1. The van der Waals surface area contributed by atoms with Crippen molar-refractivity contribution in [2.45, 2.75) is 12.8 Å². The molecule has 0 saturated carbocycles. The highest BCUT2D eigenvalue weighted by molar-refractivity contribution is 9.10. The molecule has 1 heterocycles. The van der Waals surface area contributed by atoms with Gasteiger partial charge in [0.05, 0.1) is 7.11 Å². The lowest BCUT2D eigenvalue weighted by Crippen LogP contribution is -2.42. The third-order valence-electron chi connectivity index (χ3n) is 4.84. The number of rotatable bonds is 6. The summed E-state index contributed by atoms with van der Waals surface area (Å²) in [6.45, 7) is 0.741. The molecule has 1 aliphatic heterocycles. The van der Waals surface area contributed by atoms with Gasteiger partial charge in [0.1, 0.15) is 5.75 Å². The molecule has 0 atom stereocenters. The maximum Gasteiger partial charge on any atom is 0.260 e. The van der Waals surface area contributed by atoms with E-state index in [0.29, 0.717) is 41.7 Å². The van der Waals surface area contributed by atoms with E-state index in [1.54, 1.807) is 42.3 Å². The Bertz CT molecular complexity index is 848. The van der Waals surface area contributed by atoms with E-state index < -0.39 is 5.82 Å². The number of Topliss-reactive ketones (excluding diaryl/α,β-unsaturated/α-hetero) is 1. The second kappa shape index (κ2) is 9.19. The molecule has 0 bridgehead atoms. The molecule has 1 fully saturated rings. The molecular weight excluding hydrogens is 429 g/mol. The van der Waals surface area contributed by atoms with Gasteiger partial charge in [0.25, 0.3) is 5.91 Å². The number of likely N-dealkylation sites (tertiary alicyclic amines) is 1. The Balaban J connectivity index is 1.49. The maximum atomic E-state index is 13.8. The largest absolute Gasteiger partial charge is 0.497 e. The number of amides is 1. The first-order valence-corrected chi connectivity index (χ1v) is 9.81. The lowest BCUT2D eigenvalue weighted by atomic mass is 9.89. The molecule has 0 spiro atoms. The zero-order valence-electron chi connectivity index (χ0n) is 15.5. The molecule has 2 aromatic carbocycles. The minimum Gasteiger partial charge on any atom is -0.497 e. The molecule has 2 aromatic rings. The van der Waals surface area contributed by atoms with Crippen molar-refractivity contribution in [2.24, 2.45) is 5.92 Å². The van der Waals surface area contributed by atoms with Gasteiger partial charge in [-0.1, -0.05) is 15.9 Å². The fourth-order valence-electron chi connectivity index (χ4n) is 3.21. The summed E-state index contributed by atoms with van der Waals surface area (Å²) in [5.41, 5.74) is 0.652. The van der Waals surface area contributed by atoms with Crippen LogP contribution >= 0.6 is 15.9 Å². The quantitative estimate of drug-likeness (QED) is 0.623. The van der Waals surface area contributed by atoms with Crippen molar-refractivity contribution >= 4 is 27.6 Å². The van der Waals surface area contributed by atoms with Crippen LogP contribution in [-0.2, 0) is 4.79 Å². The summed E-state index contributed by atoms with van der Waals surface area (Å²) >= 11 is 3.18. The molecule has 0 aliphatic carbocycles. The number of halogens is 2. The number of piperidine rings is 1. The topological polar surface area (TPSA) is 55.8 Å². The molecule has 3 rings (SSSR count). The van der Waals surface area contributed by atoms with Crippen LogP contribution in [0, 0.1) is 11.7 Å². The van der Waals surface area contributed by atoms with Crippen molar-refractivity contribution in [2.75, 3.05) is 26.8 Å². The van der Waals surface area contributed by atoms with E-state index in [1.807, 2.05) is 0 Å². The molecule has 0 radical (unpaired) electrons. The monoisotopic (exact) mass is 449 g/mol. The van der Waals surface area contributed by atoms with Gasteiger partial charge in [-0.05, 0) is 55.3 Å². The Hall–Kier alpha value is -2.41. The molecule has 5 nitrogen and oxygen atoms in total. The van der Waals surface area contributed by atoms with Gasteiger partial charge in [0.2, 0.25) is 0 Å². The van der Waals surface area contributed by atoms with Crippen LogP contribution in [0.4, 0.5) is 4.39 Å². The van der Waals surface area contributed by atoms with E-state index in [-0.39, 0.29) is 30.0 Å². The first-order valence-electron chi connectivity index (χ1n) is 9.02. The summed E-state index contributed by atoms with van der Waals surface area (Å²) in [7, 11) is 1.58. The maximum absolute atomic E-state index is 13.8. The number of ether oxygens (including phenoxy) is 2. The normalized spacial score (nSPS) is 14.6. The Morgan fingerprint density at radius 2 is 1.82 bits per heavy atom. The van der Waals surface area contributed by atoms with E-state index in [2.05, 4.69) is 15.9 Å². The van der Waals surface area contributed by atoms with Crippen molar-refractivity contribution < 1.29 is 23.5 Å². The third-order valence-corrected chi connectivity index (χ3v) is 5.33. The summed E-state index contributed by atoms with van der Waals surface area (Å²) in [6, 6.07) is 11.5. The van der Waals surface area contributed by atoms with Gasteiger partial charge in [-0.2, -0.15) is 0 Å². The second-order valence-corrected chi connectivity index (χ2v) is 7.53. The standard InChI is InChI=1S/C21H21BrFNO4/c1-27-17-5-2-14(3-6-17)21(26)15-8-10-24(11-9-15)20(25)13-28-19-7-4-16(22)12-18(19)23/h2-7,12,15H,8-11,13H2,1H3. The van der Waals surface area contributed by atoms with Gasteiger partial charge in [-0.15, -0.1) is 0 Å². The molecule has 1 saturated heterocycles. The number of carbonyl (C=O) groups is 2. The van der Waals surface area contributed by atoms with E-state index in [4.69, 9.17) is 9.47 Å². The van der Waals surface area contributed by atoms with Gasteiger partial charge in [-0.3, -0.25) is 9.59 Å². The van der Waals surface area contributed by atoms with E-state index in [9.17, 15) is 14.0 Å². The number of carbonyl (C=O) groups excluding carboxylic acids is 2. The van der Waals surface area contributed by atoms with Crippen molar-refractivity contribution in [3.05, 3.63) is 58.3 Å². The molecular formula is C21H21BrFNO4. The first kappa shape index (κ1) is 20.3. The van der Waals surface area contributed by atoms with Crippen LogP contribution in [0.3, 0.4) is 0 Å². The zero-order valence-corrected chi connectivity index (χ0v) is 17.1. The highest BCUT2D eigenvalue weighted by Crippen LogP contribution is 2.24. The summed E-state index contributed by atoms with van der Waals surface area (Å²) in [5.74, 6) is -0.00542. The zero-order chi connectivity index (χ0) is 20.1. The molecule has 28 heavy (non-hydrogen) atoms. The number of ketones is 1. The average molecular weight is 450 g/mol. The molecule has 1 amide bonds. The van der Waals surface area contributed by atoms with Crippen molar-refractivity contribution in [3.8, 4) is 11.5 Å². The van der Waals surface area contributed by atoms with Crippen LogP contribution in [-0.4, -0.2) is 43.4 Å². The van der Waals surface area contributed by atoms with Crippen LogP contribution in [0.2, 0.25) is 0 Å². The Morgan fingerprint density at radius 1 is 1.14 bits per heavy atom. The number of hydrogen-bond donors (Lipinski definition) is 0. The lowest BCUT2D eigenvalue weighted by Gasteiger charge is -2.31. The van der Waals surface area contributed by atoms with Crippen LogP contribution in [0.1, 0.15) is 23.2 Å². The number of hydrogen-bond acceptors (Lipinski definition) is 4. The molecule has 0 aromatic heterocycles. The van der Waals surface area contributed by atoms with Gasteiger partial charge < -0.3 is 14.4 Å². The molecule has 7 heteroatoms. The highest BCUT2D eigenvalue weighted by Gasteiger charge is 2.28. The first-order chi connectivity index (χ1) is 13.5. The number of benzene rings is 2.